The van der Waals surface area contributed by atoms with Crippen molar-refractivity contribution in [3.63, 3.8) is 0 Å². The van der Waals surface area contributed by atoms with Gasteiger partial charge in [0.2, 0.25) is 5.91 Å². The van der Waals surface area contributed by atoms with Crippen LogP contribution in [0.4, 0.5) is 11.5 Å². The van der Waals surface area contributed by atoms with Gasteiger partial charge in [-0.25, -0.2) is 18.4 Å². The SMILES string of the molecule is CC(C)Cc1ccc([C@H](C)C(=O)N2CCN(c3ccc(S(=O)(=O)Nc4ccncn4)cc3)CC2)cc1. The molecule has 0 spiro atoms. The number of amides is 1. The highest BCUT2D eigenvalue weighted by Gasteiger charge is 2.26. The number of rotatable bonds is 8. The minimum atomic E-state index is -3.74. The standard InChI is InChI=1S/C27H33N5O3S/c1-20(2)18-22-4-6-23(7-5-22)21(3)27(33)32-16-14-31(15-17-32)24-8-10-25(11-9-24)36(34,35)30-26-12-13-28-19-29-26/h4-13,19-21H,14-18H2,1-3H3,(H,28,29,30)/t21-/m0/s1. The van der Waals surface area contributed by atoms with Crippen LogP contribution in [0.5, 0.6) is 0 Å². The largest absolute Gasteiger partial charge is 0.368 e. The lowest BCUT2D eigenvalue weighted by molar-refractivity contribution is -0.132. The monoisotopic (exact) mass is 507 g/mol. The molecule has 1 atom stereocenters. The van der Waals surface area contributed by atoms with Crippen molar-refractivity contribution in [2.75, 3.05) is 35.8 Å². The lowest BCUT2D eigenvalue weighted by Gasteiger charge is -2.37. The van der Waals surface area contributed by atoms with Gasteiger partial charge in [0, 0.05) is 38.1 Å². The number of anilines is 2. The van der Waals surface area contributed by atoms with Gasteiger partial charge in [0.15, 0.2) is 0 Å². The van der Waals surface area contributed by atoms with E-state index in [-0.39, 0.29) is 22.5 Å². The van der Waals surface area contributed by atoms with Crippen LogP contribution in [0.1, 0.15) is 37.8 Å². The second-order valence-electron chi connectivity index (χ2n) is 9.57. The Morgan fingerprint density at radius 2 is 1.61 bits per heavy atom. The molecule has 8 nitrogen and oxygen atoms in total. The number of sulfonamides is 1. The normalized spacial score (nSPS) is 15.1. The van der Waals surface area contributed by atoms with Crippen LogP contribution in [-0.4, -0.2) is 55.4 Å². The van der Waals surface area contributed by atoms with Crippen molar-refractivity contribution in [2.45, 2.75) is 38.0 Å². The molecule has 1 fully saturated rings. The molecule has 1 aliphatic rings. The maximum absolute atomic E-state index is 13.1. The van der Waals surface area contributed by atoms with Crippen LogP contribution < -0.4 is 9.62 Å². The van der Waals surface area contributed by atoms with Crippen LogP contribution in [0.3, 0.4) is 0 Å². The maximum Gasteiger partial charge on any atom is 0.263 e. The Balaban J connectivity index is 1.33. The molecule has 2 heterocycles. The fourth-order valence-electron chi connectivity index (χ4n) is 4.40. The number of nitrogens with zero attached hydrogens (tertiary/aromatic N) is 4. The van der Waals surface area contributed by atoms with Crippen LogP contribution in [0.2, 0.25) is 0 Å². The van der Waals surface area contributed by atoms with E-state index in [1.165, 1.54) is 24.2 Å². The molecule has 1 aromatic heterocycles. The first-order chi connectivity index (χ1) is 17.2. The number of nitrogens with one attached hydrogen (secondary N) is 1. The first kappa shape index (κ1) is 25.6. The minimum absolute atomic E-state index is 0.142. The molecule has 36 heavy (non-hydrogen) atoms. The average Bonchev–Trinajstić information content (AvgIpc) is 2.88. The molecule has 1 N–H and O–H groups in total. The van der Waals surface area contributed by atoms with Crippen LogP contribution >= 0.6 is 0 Å². The van der Waals surface area contributed by atoms with Crippen molar-refractivity contribution < 1.29 is 13.2 Å². The van der Waals surface area contributed by atoms with Gasteiger partial charge in [-0.1, -0.05) is 38.1 Å². The highest BCUT2D eigenvalue weighted by Crippen LogP contribution is 2.24. The number of hydrogen-bond donors (Lipinski definition) is 1. The third-order valence-electron chi connectivity index (χ3n) is 6.42. The van der Waals surface area contributed by atoms with Crippen LogP contribution in [-0.2, 0) is 21.2 Å². The van der Waals surface area contributed by atoms with Crippen LogP contribution in [0, 0.1) is 5.92 Å². The molecule has 0 unspecified atom stereocenters. The highest BCUT2D eigenvalue weighted by atomic mass is 32.2. The van der Waals surface area contributed by atoms with E-state index in [1.807, 2.05) is 11.8 Å². The molecular weight excluding hydrogens is 474 g/mol. The molecule has 0 bridgehead atoms. The van der Waals surface area contributed by atoms with E-state index >= 15 is 0 Å². The van der Waals surface area contributed by atoms with E-state index in [4.69, 9.17) is 0 Å². The summed E-state index contributed by atoms with van der Waals surface area (Å²) in [7, 11) is -3.74. The molecule has 0 radical (unpaired) electrons. The lowest BCUT2D eigenvalue weighted by atomic mass is 9.95. The van der Waals surface area contributed by atoms with Gasteiger partial charge in [0.05, 0.1) is 10.8 Å². The molecule has 4 rings (SSSR count). The van der Waals surface area contributed by atoms with E-state index < -0.39 is 10.0 Å². The van der Waals surface area contributed by atoms with Crippen molar-refractivity contribution in [1.29, 1.82) is 0 Å². The fourth-order valence-corrected chi connectivity index (χ4v) is 5.41. The van der Waals surface area contributed by atoms with E-state index in [9.17, 15) is 13.2 Å². The van der Waals surface area contributed by atoms with Gasteiger partial charge in [-0.15, -0.1) is 0 Å². The number of aromatic nitrogens is 2. The van der Waals surface area contributed by atoms with E-state index in [2.05, 4.69) is 57.7 Å². The summed E-state index contributed by atoms with van der Waals surface area (Å²) in [5.74, 6) is 0.781. The first-order valence-corrected chi connectivity index (χ1v) is 13.7. The zero-order chi connectivity index (χ0) is 25.7. The zero-order valence-electron chi connectivity index (χ0n) is 21.0. The Bertz CT molecular complexity index is 1260. The zero-order valence-corrected chi connectivity index (χ0v) is 21.8. The minimum Gasteiger partial charge on any atom is -0.368 e. The Kier molecular flexibility index (Phi) is 7.88. The molecule has 1 aliphatic heterocycles. The summed E-state index contributed by atoms with van der Waals surface area (Å²) in [6, 6.07) is 16.7. The summed E-state index contributed by atoms with van der Waals surface area (Å²) in [6.07, 6.45) is 3.80. The quantitative estimate of drug-likeness (QED) is 0.496. The van der Waals surface area contributed by atoms with E-state index in [1.54, 1.807) is 24.3 Å². The Labute approximate surface area is 213 Å². The number of hydrogen-bond acceptors (Lipinski definition) is 6. The van der Waals surface area contributed by atoms with Gasteiger partial charge in [0.1, 0.15) is 12.1 Å². The molecule has 190 valence electrons. The van der Waals surface area contributed by atoms with E-state index in [0.29, 0.717) is 32.1 Å². The molecule has 3 aromatic rings. The summed E-state index contributed by atoms with van der Waals surface area (Å²) in [6.45, 7) is 9.02. The molecule has 0 aliphatic carbocycles. The number of piperazine rings is 1. The molecular formula is C27H33N5O3S. The topological polar surface area (TPSA) is 95.5 Å². The summed E-state index contributed by atoms with van der Waals surface area (Å²) in [5, 5.41) is 0. The van der Waals surface area contributed by atoms with Gasteiger partial charge < -0.3 is 9.80 Å². The Morgan fingerprint density at radius 1 is 0.944 bits per heavy atom. The van der Waals surface area contributed by atoms with Crippen molar-refractivity contribution in [2.24, 2.45) is 5.92 Å². The Morgan fingerprint density at radius 3 is 2.19 bits per heavy atom. The van der Waals surface area contributed by atoms with Gasteiger partial charge in [-0.3, -0.25) is 9.52 Å². The molecule has 1 saturated heterocycles. The van der Waals surface area contributed by atoms with Crippen molar-refractivity contribution in [3.05, 3.63) is 78.2 Å². The second-order valence-corrected chi connectivity index (χ2v) is 11.2. The van der Waals surface area contributed by atoms with E-state index in [0.717, 1.165) is 17.7 Å². The molecule has 9 heteroatoms. The molecule has 1 amide bonds. The second kappa shape index (κ2) is 11.1. The smallest absolute Gasteiger partial charge is 0.263 e. The predicted molar refractivity (Wildman–Crippen MR) is 141 cm³/mol. The van der Waals surface area contributed by atoms with Crippen molar-refractivity contribution >= 4 is 27.4 Å². The number of carbonyl (C=O) groups is 1. The third kappa shape index (κ3) is 6.20. The van der Waals surface area contributed by atoms with Crippen molar-refractivity contribution in [3.8, 4) is 0 Å². The Hall–Kier alpha value is -3.46. The van der Waals surface area contributed by atoms with Crippen LogP contribution in [0.25, 0.3) is 0 Å². The predicted octanol–water partition coefficient (Wildman–Crippen LogP) is 3.93. The van der Waals surface area contributed by atoms with Crippen molar-refractivity contribution in [1.82, 2.24) is 14.9 Å². The van der Waals surface area contributed by atoms with Gasteiger partial charge in [-0.2, -0.15) is 0 Å². The van der Waals surface area contributed by atoms with Gasteiger partial charge >= 0.3 is 0 Å². The highest BCUT2D eigenvalue weighted by molar-refractivity contribution is 7.92. The maximum atomic E-state index is 13.1. The number of carbonyl (C=O) groups excluding carboxylic acids is 1. The average molecular weight is 508 g/mol. The molecule has 2 aromatic carbocycles. The molecule has 0 saturated carbocycles. The number of benzene rings is 2. The van der Waals surface area contributed by atoms with Crippen LogP contribution in [0.15, 0.2) is 72.0 Å². The fraction of sp³-hybridized carbons (Fsp3) is 0.370. The van der Waals surface area contributed by atoms with Gasteiger partial charge in [-0.05, 0) is 60.7 Å². The summed E-state index contributed by atoms with van der Waals surface area (Å²) < 4.78 is 27.7. The first-order valence-electron chi connectivity index (χ1n) is 12.2. The lowest BCUT2D eigenvalue weighted by Crippen LogP contribution is -2.49. The summed E-state index contributed by atoms with van der Waals surface area (Å²) >= 11 is 0. The summed E-state index contributed by atoms with van der Waals surface area (Å²) in [4.78, 5) is 25.1. The van der Waals surface area contributed by atoms with Gasteiger partial charge in [0.25, 0.3) is 10.0 Å². The third-order valence-corrected chi connectivity index (χ3v) is 7.79. The summed E-state index contributed by atoms with van der Waals surface area (Å²) in [5.41, 5.74) is 3.27.